The fourth-order valence-electron chi connectivity index (χ4n) is 1.42. The average molecular weight is 288 g/mol. The molecule has 3 N–H and O–H groups in total. The number of sulfonamides is 1. The van der Waals surface area contributed by atoms with Crippen LogP contribution in [0.15, 0.2) is 18.2 Å². The summed E-state index contributed by atoms with van der Waals surface area (Å²) in [7, 11) is -2.03. The Labute approximate surface area is 113 Å². The van der Waals surface area contributed by atoms with Crippen molar-refractivity contribution in [2.75, 3.05) is 29.9 Å². The molecule has 6 nitrogen and oxygen atoms in total. The minimum absolute atomic E-state index is 0.00268. The molecular formula is C12H20N2O4S. The van der Waals surface area contributed by atoms with Gasteiger partial charge in [0, 0.05) is 5.69 Å². The highest BCUT2D eigenvalue weighted by molar-refractivity contribution is 7.92. The van der Waals surface area contributed by atoms with Crippen molar-refractivity contribution in [3.05, 3.63) is 18.2 Å². The number of nitrogens with one attached hydrogen (secondary N) is 1. The summed E-state index contributed by atoms with van der Waals surface area (Å²) in [4.78, 5) is 0. The molecule has 0 saturated heterocycles. The lowest BCUT2D eigenvalue weighted by Gasteiger charge is -2.13. The SMILES string of the molecule is COc1ccc(N)cc1NS(=O)(=O)CCOC(C)C. The molecule has 7 heteroatoms. The van der Waals surface area contributed by atoms with Crippen LogP contribution in [0.1, 0.15) is 13.8 Å². The van der Waals surface area contributed by atoms with Crippen LogP contribution in [0.4, 0.5) is 11.4 Å². The lowest BCUT2D eigenvalue weighted by molar-refractivity contribution is 0.0913. The van der Waals surface area contributed by atoms with Crippen molar-refractivity contribution in [3.63, 3.8) is 0 Å². The van der Waals surface area contributed by atoms with E-state index in [2.05, 4.69) is 4.72 Å². The molecule has 1 rings (SSSR count). The Bertz CT molecular complexity index is 514. The third-order valence-electron chi connectivity index (χ3n) is 2.29. The molecule has 0 aliphatic rings. The van der Waals surface area contributed by atoms with Gasteiger partial charge in [-0.3, -0.25) is 4.72 Å². The molecule has 0 spiro atoms. The minimum atomic E-state index is -3.49. The highest BCUT2D eigenvalue weighted by Crippen LogP contribution is 2.27. The van der Waals surface area contributed by atoms with Crippen LogP contribution in [-0.4, -0.2) is 34.0 Å². The summed E-state index contributed by atoms with van der Waals surface area (Å²) >= 11 is 0. The largest absolute Gasteiger partial charge is 0.495 e. The summed E-state index contributed by atoms with van der Waals surface area (Å²) in [6, 6.07) is 4.76. The van der Waals surface area contributed by atoms with Gasteiger partial charge in [0.2, 0.25) is 10.0 Å². The van der Waals surface area contributed by atoms with Crippen LogP contribution in [0.5, 0.6) is 5.75 Å². The van der Waals surface area contributed by atoms with Gasteiger partial charge >= 0.3 is 0 Å². The highest BCUT2D eigenvalue weighted by Gasteiger charge is 2.14. The van der Waals surface area contributed by atoms with Gasteiger partial charge in [0.1, 0.15) is 5.75 Å². The number of benzene rings is 1. The zero-order valence-corrected chi connectivity index (χ0v) is 12.2. The predicted octanol–water partition coefficient (Wildman–Crippen LogP) is 1.44. The second-order valence-electron chi connectivity index (χ2n) is 4.30. The Morgan fingerprint density at radius 2 is 2.05 bits per heavy atom. The topological polar surface area (TPSA) is 90.6 Å². The van der Waals surface area contributed by atoms with Crippen molar-refractivity contribution >= 4 is 21.4 Å². The first kappa shape index (κ1) is 15.6. The van der Waals surface area contributed by atoms with Crippen LogP contribution in [-0.2, 0) is 14.8 Å². The molecule has 0 aliphatic heterocycles. The summed E-state index contributed by atoms with van der Waals surface area (Å²) in [6.07, 6.45) is -0.00268. The zero-order chi connectivity index (χ0) is 14.5. The van der Waals surface area contributed by atoms with Crippen molar-refractivity contribution in [1.82, 2.24) is 0 Å². The van der Waals surface area contributed by atoms with Crippen LogP contribution in [0, 0.1) is 0 Å². The van der Waals surface area contributed by atoms with E-state index in [-0.39, 0.29) is 18.5 Å². The second-order valence-corrected chi connectivity index (χ2v) is 6.14. The molecular weight excluding hydrogens is 268 g/mol. The molecule has 108 valence electrons. The standard InChI is InChI=1S/C12H20N2O4S/c1-9(2)18-6-7-19(15,16)14-11-8-10(13)4-5-12(11)17-3/h4-5,8-9,14H,6-7,13H2,1-3H3. The number of rotatable bonds is 7. The second kappa shape index (κ2) is 6.63. The number of nitrogen functional groups attached to an aromatic ring is 1. The van der Waals surface area contributed by atoms with Crippen LogP contribution >= 0.6 is 0 Å². The molecule has 0 saturated carbocycles. The van der Waals surface area contributed by atoms with Crippen molar-refractivity contribution < 1.29 is 17.9 Å². The first-order chi connectivity index (χ1) is 8.84. The maximum atomic E-state index is 11.9. The third kappa shape index (κ3) is 5.35. The molecule has 0 fully saturated rings. The number of hydrogen-bond donors (Lipinski definition) is 2. The summed E-state index contributed by atoms with van der Waals surface area (Å²) in [5.41, 5.74) is 6.41. The van der Waals surface area contributed by atoms with E-state index in [1.807, 2.05) is 13.8 Å². The molecule has 1 aromatic carbocycles. The quantitative estimate of drug-likeness (QED) is 0.741. The highest BCUT2D eigenvalue weighted by atomic mass is 32.2. The van der Waals surface area contributed by atoms with Gasteiger partial charge < -0.3 is 15.2 Å². The van der Waals surface area contributed by atoms with E-state index in [1.54, 1.807) is 12.1 Å². The lowest BCUT2D eigenvalue weighted by Crippen LogP contribution is -2.21. The number of hydrogen-bond acceptors (Lipinski definition) is 5. The van der Waals surface area contributed by atoms with Crippen LogP contribution < -0.4 is 15.2 Å². The molecule has 19 heavy (non-hydrogen) atoms. The molecule has 0 bridgehead atoms. The van der Waals surface area contributed by atoms with E-state index in [9.17, 15) is 8.42 Å². The summed E-state index contributed by atoms with van der Waals surface area (Å²) in [5, 5.41) is 0. The van der Waals surface area contributed by atoms with Gasteiger partial charge in [-0.2, -0.15) is 0 Å². The predicted molar refractivity (Wildman–Crippen MR) is 75.9 cm³/mol. The van der Waals surface area contributed by atoms with E-state index in [0.717, 1.165) is 0 Å². The van der Waals surface area contributed by atoms with Gasteiger partial charge in [0.15, 0.2) is 0 Å². The fourth-order valence-corrected chi connectivity index (χ4v) is 2.33. The van der Waals surface area contributed by atoms with Crippen molar-refractivity contribution in [3.8, 4) is 5.75 Å². The Hall–Kier alpha value is -1.47. The number of nitrogens with two attached hydrogens (primary N) is 1. The summed E-state index contributed by atoms with van der Waals surface area (Å²) in [6.45, 7) is 3.83. The smallest absolute Gasteiger partial charge is 0.235 e. The maximum absolute atomic E-state index is 11.9. The first-order valence-corrected chi connectivity index (χ1v) is 7.55. The van der Waals surface area contributed by atoms with Crippen molar-refractivity contribution in [2.45, 2.75) is 20.0 Å². The van der Waals surface area contributed by atoms with Crippen LogP contribution in [0.2, 0.25) is 0 Å². The number of anilines is 2. The van der Waals surface area contributed by atoms with Gasteiger partial charge in [-0.05, 0) is 32.0 Å². The van der Waals surface area contributed by atoms with Crippen LogP contribution in [0.25, 0.3) is 0 Å². The molecule has 0 heterocycles. The monoisotopic (exact) mass is 288 g/mol. The fraction of sp³-hybridized carbons (Fsp3) is 0.500. The molecule has 0 radical (unpaired) electrons. The first-order valence-electron chi connectivity index (χ1n) is 5.89. The average Bonchev–Trinajstić information content (AvgIpc) is 2.27. The zero-order valence-electron chi connectivity index (χ0n) is 11.3. The molecule has 0 aromatic heterocycles. The Morgan fingerprint density at radius 3 is 2.63 bits per heavy atom. The lowest BCUT2D eigenvalue weighted by atomic mass is 10.2. The normalized spacial score (nSPS) is 11.6. The summed E-state index contributed by atoms with van der Waals surface area (Å²) in [5.74, 6) is 0.297. The van der Waals surface area contributed by atoms with E-state index in [1.165, 1.54) is 13.2 Å². The van der Waals surface area contributed by atoms with Gasteiger partial charge in [-0.1, -0.05) is 0 Å². The molecule has 0 aliphatic carbocycles. The van der Waals surface area contributed by atoms with Gasteiger partial charge in [-0.15, -0.1) is 0 Å². The van der Waals surface area contributed by atoms with E-state index >= 15 is 0 Å². The molecule has 0 unspecified atom stereocenters. The van der Waals surface area contributed by atoms with Crippen LogP contribution in [0.3, 0.4) is 0 Å². The third-order valence-corrected chi connectivity index (χ3v) is 3.53. The molecule has 0 amide bonds. The molecule has 0 atom stereocenters. The number of ether oxygens (including phenoxy) is 2. The Balaban J connectivity index is 2.74. The molecule has 1 aromatic rings. The number of methoxy groups -OCH3 is 1. The van der Waals surface area contributed by atoms with Crippen molar-refractivity contribution in [1.29, 1.82) is 0 Å². The Kier molecular flexibility index (Phi) is 5.44. The van der Waals surface area contributed by atoms with Gasteiger partial charge in [0.25, 0.3) is 0 Å². The van der Waals surface area contributed by atoms with E-state index < -0.39 is 10.0 Å². The van der Waals surface area contributed by atoms with E-state index in [4.69, 9.17) is 15.2 Å². The van der Waals surface area contributed by atoms with Crippen molar-refractivity contribution in [2.24, 2.45) is 0 Å². The Morgan fingerprint density at radius 1 is 1.37 bits per heavy atom. The maximum Gasteiger partial charge on any atom is 0.235 e. The van der Waals surface area contributed by atoms with Gasteiger partial charge in [-0.25, -0.2) is 8.42 Å². The van der Waals surface area contributed by atoms with E-state index in [0.29, 0.717) is 17.1 Å². The van der Waals surface area contributed by atoms with Gasteiger partial charge in [0.05, 0.1) is 31.3 Å². The minimum Gasteiger partial charge on any atom is -0.495 e. The summed E-state index contributed by atoms with van der Waals surface area (Å²) < 4.78 is 36.5.